The number of ether oxygens (including phenoxy) is 1. The average Bonchev–Trinajstić information content (AvgIpc) is 2.15. The van der Waals surface area contributed by atoms with Crippen LogP contribution in [0.2, 0.25) is 0 Å². The Morgan fingerprint density at radius 2 is 2.00 bits per heavy atom. The van der Waals surface area contributed by atoms with Crippen LogP contribution in [0, 0.1) is 0 Å². The molecule has 0 N–H and O–H groups in total. The van der Waals surface area contributed by atoms with Crippen LogP contribution in [0.5, 0.6) is 0 Å². The molecule has 0 saturated carbocycles. The first-order valence-corrected chi connectivity index (χ1v) is 3.91. The van der Waals surface area contributed by atoms with Crippen LogP contribution in [-0.4, -0.2) is 12.3 Å². The molecular weight excluding hydrogens is 168 g/mol. The summed E-state index contributed by atoms with van der Waals surface area (Å²) >= 11 is 0. The van der Waals surface area contributed by atoms with E-state index in [0.717, 1.165) is 0 Å². The maximum atomic E-state index is 10.6. The molecule has 68 valence electrons. The average molecular weight is 178 g/mol. The minimum atomic E-state index is -0.779. The first kappa shape index (κ1) is 9.45. The lowest BCUT2D eigenvalue weighted by molar-refractivity contribution is -0.149. The van der Waals surface area contributed by atoms with Gasteiger partial charge in [0.25, 0.3) is 0 Å². The van der Waals surface area contributed by atoms with Gasteiger partial charge in [0, 0.05) is 6.92 Å². The molecule has 0 bridgehead atoms. The molecule has 0 spiro atoms. The van der Waals surface area contributed by atoms with E-state index in [9.17, 15) is 9.59 Å². The van der Waals surface area contributed by atoms with Gasteiger partial charge in [-0.2, -0.15) is 0 Å². The fourth-order valence-corrected chi connectivity index (χ4v) is 0.996. The third-order valence-electron chi connectivity index (χ3n) is 1.54. The topological polar surface area (TPSA) is 43.4 Å². The summed E-state index contributed by atoms with van der Waals surface area (Å²) in [6, 6.07) is 8.88. The largest absolute Gasteiger partial charge is 0.450 e. The lowest BCUT2D eigenvalue weighted by atomic mass is 10.1. The van der Waals surface area contributed by atoms with Crippen LogP contribution in [0.3, 0.4) is 0 Å². The van der Waals surface area contributed by atoms with E-state index in [-0.39, 0.29) is 0 Å². The van der Waals surface area contributed by atoms with Crippen LogP contribution < -0.4 is 0 Å². The minimum Gasteiger partial charge on any atom is -0.450 e. The second-order valence-electron chi connectivity index (χ2n) is 2.58. The van der Waals surface area contributed by atoms with Crippen molar-refractivity contribution in [3.63, 3.8) is 0 Å². The Hall–Kier alpha value is -1.64. The maximum Gasteiger partial charge on any atom is 0.303 e. The summed E-state index contributed by atoms with van der Waals surface area (Å²) in [5.41, 5.74) is 0.688. The summed E-state index contributed by atoms with van der Waals surface area (Å²) in [4.78, 5) is 21.2. The first-order valence-electron chi connectivity index (χ1n) is 3.91. The van der Waals surface area contributed by atoms with Crippen molar-refractivity contribution in [2.45, 2.75) is 13.0 Å². The van der Waals surface area contributed by atoms with Gasteiger partial charge in [0.1, 0.15) is 0 Å². The van der Waals surface area contributed by atoms with Crippen LogP contribution in [0.4, 0.5) is 0 Å². The fraction of sp³-hybridized carbons (Fsp3) is 0.200. The van der Waals surface area contributed by atoms with Crippen molar-refractivity contribution in [3.8, 4) is 0 Å². The zero-order valence-electron chi connectivity index (χ0n) is 7.27. The van der Waals surface area contributed by atoms with Gasteiger partial charge < -0.3 is 4.74 Å². The van der Waals surface area contributed by atoms with E-state index in [0.29, 0.717) is 11.8 Å². The van der Waals surface area contributed by atoms with E-state index in [2.05, 4.69) is 0 Å². The van der Waals surface area contributed by atoms with Crippen molar-refractivity contribution in [1.29, 1.82) is 0 Å². The summed E-state index contributed by atoms with van der Waals surface area (Å²) in [5, 5.41) is 0. The summed E-state index contributed by atoms with van der Waals surface area (Å²) < 4.78 is 4.78. The van der Waals surface area contributed by atoms with Crippen LogP contribution in [0.1, 0.15) is 18.6 Å². The number of esters is 1. The summed E-state index contributed by atoms with van der Waals surface area (Å²) in [6.07, 6.45) is -0.171. The molecule has 0 saturated heterocycles. The van der Waals surface area contributed by atoms with Crippen LogP contribution >= 0.6 is 0 Å². The van der Waals surface area contributed by atoms with Gasteiger partial charge in [0.2, 0.25) is 0 Å². The van der Waals surface area contributed by atoms with E-state index in [1.54, 1.807) is 24.3 Å². The Morgan fingerprint density at radius 1 is 1.38 bits per heavy atom. The number of rotatable bonds is 3. The SMILES string of the molecule is CC(=O)O[C@@H](C=O)c1ccccc1. The van der Waals surface area contributed by atoms with Crippen LogP contribution in [0.25, 0.3) is 0 Å². The fourth-order valence-electron chi connectivity index (χ4n) is 0.996. The number of hydrogen-bond acceptors (Lipinski definition) is 3. The molecule has 0 amide bonds. The molecule has 1 aromatic carbocycles. The Bertz CT molecular complexity index is 292. The van der Waals surface area contributed by atoms with E-state index < -0.39 is 12.1 Å². The van der Waals surface area contributed by atoms with Crippen molar-refractivity contribution in [3.05, 3.63) is 35.9 Å². The first-order chi connectivity index (χ1) is 6.24. The van der Waals surface area contributed by atoms with Gasteiger partial charge in [-0.3, -0.25) is 9.59 Å². The standard InChI is InChI=1S/C10H10O3/c1-8(12)13-10(7-11)9-5-3-2-4-6-9/h2-7,10H,1H3/t10-/m0/s1. The maximum absolute atomic E-state index is 10.6. The zero-order valence-corrected chi connectivity index (χ0v) is 7.27. The lowest BCUT2D eigenvalue weighted by Crippen LogP contribution is -2.09. The monoisotopic (exact) mass is 178 g/mol. The van der Waals surface area contributed by atoms with Crippen LogP contribution in [-0.2, 0) is 14.3 Å². The predicted octanol–water partition coefficient (Wildman–Crippen LogP) is 1.49. The molecule has 0 fully saturated rings. The Kier molecular flexibility index (Phi) is 3.20. The normalized spacial score (nSPS) is 11.8. The lowest BCUT2D eigenvalue weighted by Gasteiger charge is -2.09. The summed E-state index contributed by atoms with van der Waals surface area (Å²) in [5.74, 6) is -0.457. The van der Waals surface area contributed by atoms with Gasteiger partial charge in [0.15, 0.2) is 12.4 Å². The van der Waals surface area contributed by atoms with Gasteiger partial charge in [-0.15, -0.1) is 0 Å². The molecule has 13 heavy (non-hydrogen) atoms. The Labute approximate surface area is 76.3 Å². The van der Waals surface area contributed by atoms with Gasteiger partial charge in [-0.25, -0.2) is 0 Å². The highest BCUT2D eigenvalue weighted by atomic mass is 16.5. The molecular formula is C10H10O3. The quantitative estimate of drug-likeness (QED) is 0.520. The Balaban J connectivity index is 2.78. The number of hydrogen-bond donors (Lipinski definition) is 0. The molecule has 1 atom stereocenters. The molecule has 0 aliphatic carbocycles. The van der Waals surface area contributed by atoms with Gasteiger partial charge >= 0.3 is 5.97 Å². The minimum absolute atomic E-state index is 0.457. The molecule has 3 heteroatoms. The van der Waals surface area contributed by atoms with Crippen molar-refractivity contribution >= 4 is 12.3 Å². The molecule has 1 rings (SSSR count). The molecule has 0 heterocycles. The molecule has 0 aliphatic rings. The molecule has 3 nitrogen and oxygen atoms in total. The van der Waals surface area contributed by atoms with Gasteiger partial charge in [-0.1, -0.05) is 30.3 Å². The van der Waals surface area contributed by atoms with E-state index in [1.807, 2.05) is 6.07 Å². The van der Waals surface area contributed by atoms with Crippen molar-refractivity contribution in [2.24, 2.45) is 0 Å². The smallest absolute Gasteiger partial charge is 0.303 e. The summed E-state index contributed by atoms with van der Waals surface area (Å²) in [6.45, 7) is 1.28. The highest BCUT2D eigenvalue weighted by Gasteiger charge is 2.11. The second-order valence-corrected chi connectivity index (χ2v) is 2.58. The van der Waals surface area contributed by atoms with Gasteiger partial charge in [0.05, 0.1) is 0 Å². The second kappa shape index (κ2) is 4.40. The molecule has 0 aromatic heterocycles. The summed E-state index contributed by atoms with van der Waals surface area (Å²) in [7, 11) is 0. The van der Waals surface area contributed by atoms with E-state index in [1.165, 1.54) is 6.92 Å². The molecule has 1 aromatic rings. The predicted molar refractivity (Wildman–Crippen MR) is 47.0 cm³/mol. The van der Waals surface area contributed by atoms with Crippen molar-refractivity contribution < 1.29 is 14.3 Å². The third-order valence-corrected chi connectivity index (χ3v) is 1.54. The highest BCUT2D eigenvalue weighted by Crippen LogP contribution is 2.14. The molecule has 0 radical (unpaired) electrons. The highest BCUT2D eigenvalue weighted by molar-refractivity contribution is 5.71. The van der Waals surface area contributed by atoms with E-state index in [4.69, 9.17) is 4.74 Å². The third kappa shape index (κ3) is 2.71. The number of benzene rings is 1. The number of carbonyl (C=O) groups is 2. The number of carbonyl (C=O) groups excluding carboxylic acids is 2. The van der Waals surface area contributed by atoms with Crippen molar-refractivity contribution in [2.75, 3.05) is 0 Å². The van der Waals surface area contributed by atoms with E-state index >= 15 is 0 Å². The molecule has 0 aliphatic heterocycles. The van der Waals surface area contributed by atoms with Crippen molar-refractivity contribution in [1.82, 2.24) is 0 Å². The van der Waals surface area contributed by atoms with Gasteiger partial charge in [-0.05, 0) is 5.56 Å². The molecule has 0 unspecified atom stereocenters. The number of aldehydes is 1. The van der Waals surface area contributed by atoms with Crippen LogP contribution in [0.15, 0.2) is 30.3 Å². The Morgan fingerprint density at radius 3 is 2.46 bits per heavy atom. The zero-order chi connectivity index (χ0) is 9.68.